The van der Waals surface area contributed by atoms with E-state index >= 15 is 0 Å². The Labute approximate surface area is 201 Å². The fourth-order valence-corrected chi connectivity index (χ4v) is 4.65. The van der Waals surface area contributed by atoms with Crippen molar-refractivity contribution in [1.29, 1.82) is 0 Å². The van der Waals surface area contributed by atoms with Gasteiger partial charge < -0.3 is 9.47 Å². The number of nitrogens with zero attached hydrogens (tertiary/aromatic N) is 4. The van der Waals surface area contributed by atoms with Crippen molar-refractivity contribution in [3.8, 4) is 10.6 Å². The van der Waals surface area contributed by atoms with E-state index in [4.69, 9.17) is 9.47 Å². The largest absolute Gasteiger partial charge is 0.443 e. The molecule has 0 bridgehead atoms. The Kier molecular flexibility index (Phi) is 8.77. The summed E-state index contributed by atoms with van der Waals surface area (Å²) in [6.07, 6.45) is 2.63. The molecule has 0 unspecified atom stereocenters. The maximum atomic E-state index is 12.9. The standard InChI is InChI=1S/C21H34N4O5S2Si/c1-9-15-12-16(24-18(23-15)32(5,27)28)17-13-22-19(31-17)25(20(26)30-21(2,3)4)14-29-10-11-33(6,7)8/h12-13H,9-11,14H2,1-8H3. The summed E-state index contributed by atoms with van der Waals surface area (Å²) < 4.78 is 35.4. The summed E-state index contributed by atoms with van der Waals surface area (Å²) in [5, 5.41) is 0.148. The number of anilines is 1. The number of thiazole rings is 1. The zero-order chi connectivity index (χ0) is 25.0. The van der Waals surface area contributed by atoms with Crippen molar-refractivity contribution in [2.75, 3.05) is 24.5 Å². The lowest BCUT2D eigenvalue weighted by atomic mass is 10.2. The Morgan fingerprint density at radius 2 is 1.88 bits per heavy atom. The fourth-order valence-electron chi connectivity index (χ4n) is 2.49. The number of rotatable bonds is 9. The molecule has 1 amide bonds. The summed E-state index contributed by atoms with van der Waals surface area (Å²) in [5.74, 6) is 0. The van der Waals surface area contributed by atoms with Gasteiger partial charge in [-0.25, -0.2) is 33.1 Å². The number of carbonyl (C=O) groups is 1. The fraction of sp³-hybridized carbons (Fsp3) is 0.619. The van der Waals surface area contributed by atoms with Crippen LogP contribution in [0.25, 0.3) is 10.6 Å². The summed E-state index contributed by atoms with van der Waals surface area (Å²) in [6.45, 7) is 14.6. The van der Waals surface area contributed by atoms with E-state index in [2.05, 4.69) is 34.6 Å². The molecule has 33 heavy (non-hydrogen) atoms. The van der Waals surface area contributed by atoms with Crippen LogP contribution in [0, 0.1) is 0 Å². The van der Waals surface area contributed by atoms with E-state index < -0.39 is 29.6 Å². The summed E-state index contributed by atoms with van der Waals surface area (Å²) in [7, 11) is -4.86. The third-order valence-electron chi connectivity index (χ3n) is 4.26. The van der Waals surface area contributed by atoms with Gasteiger partial charge >= 0.3 is 6.09 Å². The Balaban J connectivity index is 2.35. The van der Waals surface area contributed by atoms with Crippen molar-refractivity contribution >= 4 is 40.5 Å². The number of hydrogen-bond acceptors (Lipinski definition) is 9. The van der Waals surface area contributed by atoms with E-state index in [1.807, 2.05) is 6.92 Å². The number of carbonyl (C=O) groups excluding carboxylic acids is 1. The number of hydrogen-bond donors (Lipinski definition) is 0. The van der Waals surface area contributed by atoms with Crippen molar-refractivity contribution in [3.05, 3.63) is 18.0 Å². The summed E-state index contributed by atoms with van der Waals surface area (Å²) >= 11 is 1.21. The van der Waals surface area contributed by atoms with E-state index in [1.165, 1.54) is 16.2 Å². The molecule has 0 fully saturated rings. The average Bonchev–Trinajstić information content (AvgIpc) is 3.14. The maximum absolute atomic E-state index is 12.9. The Morgan fingerprint density at radius 1 is 1.21 bits per heavy atom. The van der Waals surface area contributed by atoms with E-state index in [0.29, 0.717) is 34.4 Å². The molecule has 12 heteroatoms. The van der Waals surface area contributed by atoms with Crippen LogP contribution >= 0.6 is 11.3 Å². The second kappa shape index (κ2) is 10.6. The van der Waals surface area contributed by atoms with Gasteiger partial charge in [0, 0.05) is 32.8 Å². The lowest BCUT2D eigenvalue weighted by Gasteiger charge is -2.26. The first kappa shape index (κ1) is 27.4. The molecule has 0 aliphatic heterocycles. The minimum absolute atomic E-state index is 0.00488. The van der Waals surface area contributed by atoms with Crippen LogP contribution in [0.1, 0.15) is 33.4 Å². The first-order chi connectivity index (χ1) is 15.1. The topological polar surface area (TPSA) is 112 Å². The molecule has 0 N–H and O–H groups in total. The first-order valence-electron chi connectivity index (χ1n) is 10.7. The minimum atomic E-state index is -3.58. The van der Waals surface area contributed by atoms with Crippen molar-refractivity contribution in [2.45, 2.75) is 70.6 Å². The van der Waals surface area contributed by atoms with Gasteiger partial charge in [0.15, 0.2) is 5.13 Å². The highest BCUT2D eigenvalue weighted by atomic mass is 32.2. The highest BCUT2D eigenvalue weighted by Crippen LogP contribution is 2.32. The highest BCUT2D eigenvalue weighted by molar-refractivity contribution is 7.90. The summed E-state index contributed by atoms with van der Waals surface area (Å²) in [5.41, 5.74) is 0.366. The van der Waals surface area contributed by atoms with Crippen molar-refractivity contribution in [3.63, 3.8) is 0 Å². The molecule has 184 valence electrons. The molecule has 2 aromatic rings. The molecule has 2 heterocycles. The van der Waals surface area contributed by atoms with Gasteiger partial charge in [0.25, 0.3) is 0 Å². The van der Waals surface area contributed by atoms with Crippen LogP contribution in [0.15, 0.2) is 17.4 Å². The predicted octanol–water partition coefficient (Wildman–Crippen LogP) is 4.62. The van der Waals surface area contributed by atoms with Gasteiger partial charge in [0.2, 0.25) is 15.0 Å². The van der Waals surface area contributed by atoms with Crippen LogP contribution in [-0.4, -0.2) is 62.7 Å². The second-order valence-electron chi connectivity index (χ2n) is 9.92. The van der Waals surface area contributed by atoms with Gasteiger partial charge in [0.1, 0.15) is 12.3 Å². The van der Waals surface area contributed by atoms with Crippen LogP contribution < -0.4 is 4.90 Å². The smallest absolute Gasteiger partial charge is 0.418 e. The van der Waals surface area contributed by atoms with Gasteiger partial charge in [-0.2, -0.15) is 0 Å². The number of aryl methyl sites for hydroxylation is 1. The monoisotopic (exact) mass is 514 g/mol. The third-order valence-corrected chi connectivity index (χ3v) is 7.85. The predicted molar refractivity (Wildman–Crippen MR) is 133 cm³/mol. The molecule has 0 radical (unpaired) electrons. The van der Waals surface area contributed by atoms with Crippen molar-refractivity contribution in [2.24, 2.45) is 0 Å². The van der Waals surface area contributed by atoms with Gasteiger partial charge in [-0.1, -0.05) is 37.9 Å². The lowest BCUT2D eigenvalue weighted by Crippen LogP contribution is -2.38. The van der Waals surface area contributed by atoms with E-state index in [0.717, 1.165) is 12.3 Å². The molecule has 0 saturated carbocycles. The molecule has 9 nitrogen and oxygen atoms in total. The molecule has 0 saturated heterocycles. The quantitative estimate of drug-likeness (QED) is 0.206. The molecular weight excluding hydrogens is 480 g/mol. The highest BCUT2D eigenvalue weighted by Gasteiger charge is 2.27. The number of ether oxygens (including phenoxy) is 2. The number of aromatic nitrogens is 3. The first-order valence-corrected chi connectivity index (χ1v) is 17.1. The molecule has 0 atom stereocenters. The average molecular weight is 515 g/mol. The molecule has 0 aromatic carbocycles. The van der Waals surface area contributed by atoms with Crippen LogP contribution in [0.2, 0.25) is 25.7 Å². The Bertz CT molecular complexity index is 1080. The van der Waals surface area contributed by atoms with Crippen LogP contribution in [0.5, 0.6) is 0 Å². The number of amides is 1. The zero-order valence-corrected chi connectivity index (χ0v) is 23.3. The van der Waals surface area contributed by atoms with Gasteiger partial charge in [-0.05, 0) is 39.3 Å². The van der Waals surface area contributed by atoms with Crippen molar-refractivity contribution in [1.82, 2.24) is 15.0 Å². The van der Waals surface area contributed by atoms with Crippen LogP contribution in [0.4, 0.5) is 9.93 Å². The van der Waals surface area contributed by atoms with Gasteiger partial charge in [-0.15, -0.1) is 0 Å². The normalized spacial score (nSPS) is 12.6. The van der Waals surface area contributed by atoms with Gasteiger partial charge in [-0.3, -0.25) is 0 Å². The molecule has 0 spiro atoms. The molecular formula is C21H34N4O5S2Si. The summed E-state index contributed by atoms with van der Waals surface area (Å²) in [4.78, 5) is 27.5. The zero-order valence-electron chi connectivity index (χ0n) is 20.6. The van der Waals surface area contributed by atoms with Crippen molar-refractivity contribution < 1.29 is 22.7 Å². The third kappa shape index (κ3) is 8.76. The second-order valence-corrected chi connectivity index (χ2v) is 18.5. The molecule has 0 aliphatic carbocycles. The van der Waals surface area contributed by atoms with Gasteiger partial charge in [0.05, 0.1) is 10.6 Å². The molecule has 0 aliphatic rings. The molecule has 2 rings (SSSR count). The summed E-state index contributed by atoms with van der Waals surface area (Å²) in [6, 6.07) is 2.70. The van der Waals surface area contributed by atoms with E-state index in [-0.39, 0.29) is 11.9 Å². The number of sulfone groups is 1. The van der Waals surface area contributed by atoms with Crippen LogP contribution in [-0.2, 0) is 25.7 Å². The van der Waals surface area contributed by atoms with Crippen LogP contribution in [0.3, 0.4) is 0 Å². The minimum Gasteiger partial charge on any atom is -0.443 e. The molecule has 2 aromatic heterocycles. The van der Waals surface area contributed by atoms with E-state index in [9.17, 15) is 13.2 Å². The Hall–Kier alpha value is -1.89. The van der Waals surface area contributed by atoms with E-state index in [1.54, 1.807) is 33.0 Å². The SMILES string of the molecule is CCc1cc(-c2cnc(N(COCC[Si](C)(C)C)C(=O)OC(C)(C)C)s2)nc(S(C)(=O)=O)n1. The maximum Gasteiger partial charge on any atom is 0.418 e. The lowest BCUT2D eigenvalue weighted by molar-refractivity contribution is 0.0500. The Morgan fingerprint density at radius 3 is 2.42 bits per heavy atom.